The zero-order valence-corrected chi connectivity index (χ0v) is 16.5. The van der Waals surface area contributed by atoms with E-state index in [0.29, 0.717) is 45.2 Å². The third kappa shape index (κ3) is 6.00. The second-order valence-corrected chi connectivity index (χ2v) is 9.62. The molecule has 1 atom stereocenters. The summed E-state index contributed by atoms with van der Waals surface area (Å²) in [6, 6.07) is -1.45. The fourth-order valence-electron chi connectivity index (χ4n) is 3.28. The van der Waals surface area contributed by atoms with Crippen LogP contribution in [-0.2, 0) is 9.84 Å². The van der Waals surface area contributed by atoms with E-state index in [4.69, 9.17) is 0 Å². The molecule has 10 heteroatoms. The summed E-state index contributed by atoms with van der Waals surface area (Å²) in [6.45, 7) is 5.77. The number of piperazine rings is 1. The van der Waals surface area contributed by atoms with Gasteiger partial charge in [0.2, 0.25) is 0 Å². The second kappa shape index (κ2) is 7.92. The van der Waals surface area contributed by atoms with Crippen molar-refractivity contribution in [1.29, 1.82) is 0 Å². The second-order valence-electron chi connectivity index (χ2n) is 7.48. The highest BCUT2D eigenvalue weighted by Gasteiger charge is 2.45. The van der Waals surface area contributed by atoms with Crippen molar-refractivity contribution in [2.45, 2.75) is 38.9 Å². The Labute approximate surface area is 153 Å². The number of halogens is 3. The molecule has 1 saturated heterocycles. The first-order valence-electron chi connectivity index (χ1n) is 8.97. The van der Waals surface area contributed by atoms with Crippen molar-refractivity contribution >= 4 is 15.8 Å². The summed E-state index contributed by atoms with van der Waals surface area (Å²) in [6.07, 6.45) is -1.28. The van der Waals surface area contributed by atoms with Crippen LogP contribution in [0.25, 0.3) is 0 Å². The Hall–Kier alpha value is -1.03. The van der Waals surface area contributed by atoms with Crippen molar-refractivity contribution in [2.75, 3.05) is 51.3 Å². The van der Waals surface area contributed by atoms with Gasteiger partial charge < -0.3 is 10.2 Å². The minimum Gasteiger partial charge on any atom is -0.357 e. The molecule has 152 valence electrons. The van der Waals surface area contributed by atoms with E-state index in [0.717, 1.165) is 12.8 Å². The number of hydrogen-bond donors (Lipinski definition) is 1. The van der Waals surface area contributed by atoms with E-state index in [2.05, 4.69) is 10.3 Å². The maximum absolute atomic E-state index is 12.9. The fraction of sp³-hybridized carbons (Fsp3) is 0.938. The Morgan fingerprint density at radius 1 is 1.23 bits per heavy atom. The summed E-state index contributed by atoms with van der Waals surface area (Å²) in [5.74, 6) is 0.798. The van der Waals surface area contributed by atoms with Gasteiger partial charge in [0.05, 0.1) is 5.75 Å². The van der Waals surface area contributed by atoms with Crippen molar-refractivity contribution in [3.63, 3.8) is 0 Å². The van der Waals surface area contributed by atoms with Crippen LogP contribution in [0, 0.1) is 5.41 Å². The summed E-state index contributed by atoms with van der Waals surface area (Å²) in [7, 11) is -3.05. The molecule has 1 unspecified atom stereocenters. The fourth-order valence-corrected chi connectivity index (χ4v) is 4.77. The van der Waals surface area contributed by atoms with Gasteiger partial charge in [-0.05, 0) is 26.7 Å². The van der Waals surface area contributed by atoms with Crippen LogP contribution in [0.2, 0.25) is 0 Å². The summed E-state index contributed by atoms with van der Waals surface area (Å²) >= 11 is 0. The molecule has 0 aromatic carbocycles. The Kier molecular flexibility index (Phi) is 6.48. The highest BCUT2D eigenvalue weighted by molar-refractivity contribution is 7.90. The van der Waals surface area contributed by atoms with Crippen LogP contribution in [0.4, 0.5) is 13.2 Å². The Bertz CT molecular complexity index is 609. The lowest BCUT2D eigenvalue weighted by molar-refractivity contribution is -0.181. The molecular formula is C16H29F3N4O2S. The Morgan fingerprint density at radius 2 is 1.81 bits per heavy atom. The van der Waals surface area contributed by atoms with E-state index in [1.807, 2.05) is 11.8 Å². The topological polar surface area (TPSA) is 65.0 Å². The predicted molar refractivity (Wildman–Crippen MR) is 96.0 cm³/mol. The molecule has 0 radical (unpaired) electrons. The Balaban J connectivity index is 1.96. The number of nitrogens with one attached hydrogen (secondary N) is 1. The molecular weight excluding hydrogens is 369 g/mol. The maximum atomic E-state index is 12.9. The molecule has 2 aliphatic rings. The van der Waals surface area contributed by atoms with Crippen LogP contribution in [0.3, 0.4) is 0 Å². The first-order valence-corrected chi connectivity index (χ1v) is 11.0. The number of nitrogens with zero attached hydrogens (tertiary/aromatic N) is 3. The number of alkyl halides is 3. The number of sulfone groups is 1. The van der Waals surface area contributed by atoms with E-state index >= 15 is 0 Å². The summed E-state index contributed by atoms with van der Waals surface area (Å²) < 4.78 is 61.7. The standard InChI is InChI=1S/C16H29F3N4O2S/c1-4-20-14(21-11-15(5-6-15)12-26(3,24)25)23-9-7-22(8-10-23)13(2)16(17,18)19/h13H,4-12H2,1-3H3,(H,20,21). The van der Waals surface area contributed by atoms with E-state index in [9.17, 15) is 21.6 Å². The smallest absolute Gasteiger partial charge is 0.357 e. The molecule has 1 aliphatic heterocycles. The van der Waals surface area contributed by atoms with Crippen molar-refractivity contribution in [3.05, 3.63) is 0 Å². The van der Waals surface area contributed by atoms with Gasteiger partial charge in [0.25, 0.3) is 0 Å². The average molecular weight is 398 g/mol. The van der Waals surface area contributed by atoms with Gasteiger partial charge in [-0.2, -0.15) is 13.2 Å². The van der Waals surface area contributed by atoms with Crippen molar-refractivity contribution in [1.82, 2.24) is 15.1 Å². The predicted octanol–water partition coefficient (Wildman–Crippen LogP) is 1.35. The van der Waals surface area contributed by atoms with Gasteiger partial charge in [-0.1, -0.05) is 0 Å². The van der Waals surface area contributed by atoms with E-state index < -0.39 is 22.1 Å². The molecule has 0 spiro atoms. The van der Waals surface area contributed by atoms with Gasteiger partial charge in [-0.15, -0.1) is 0 Å². The van der Waals surface area contributed by atoms with Gasteiger partial charge in [0, 0.05) is 50.9 Å². The molecule has 0 bridgehead atoms. The normalized spacial score (nSPS) is 23.0. The zero-order valence-electron chi connectivity index (χ0n) is 15.6. The van der Waals surface area contributed by atoms with Crippen molar-refractivity contribution < 1.29 is 21.6 Å². The molecule has 1 N–H and O–H groups in total. The quantitative estimate of drug-likeness (QED) is 0.540. The van der Waals surface area contributed by atoms with Gasteiger partial charge in [0.15, 0.2) is 5.96 Å². The van der Waals surface area contributed by atoms with Gasteiger partial charge >= 0.3 is 6.18 Å². The number of guanidine groups is 1. The van der Waals surface area contributed by atoms with Crippen molar-refractivity contribution in [2.24, 2.45) is 10.4 Å². The van der Waals surface area contributed by atoms with Gasteiger partial charge in [-0.25, -0.2) is 8.42 Å². The third-order valence-electron chi connectivity index (χ3n) is 5.06. The van der Waals surface area contributed by atoms with Gasteiger partial charge in [-0.3, -0.25) is 9.89 Å². The molecule has 2 fully saturated rings. The average Bonchev–Trinajstić information content (AvgIpc) is 3.28. The van der Waals surface area contributed by atoms with Crippen LogP contribution in [0.5, 0.6) is 0 Å². The zero-order chi connectivity index (χ0) is 19.6. The lowest BCUT2D eigenvalue weighted by Crippen LogP contribution is -2.56. The van der Waals surface area contributed by atoms with E-state index in [1.165, 1.54) is 18.1 Å². The van der Waals surface area contributed by atoms with Crippen LogP contribution < -0.4 is 5.32 Å². The molecule has 0 aromatic rings. The van der Waals surface area contributed by atoms with Gasteiger partial charge in [0.1, 0.15) is 15.9 Å². The first kappa shape index (κ1) is 21.3. The molecule has 1 aliphatic carbocycles. The Morgan fingerprint density at radius 3 is 2.23 bits per heavy atom. The molecule has 1 saturated carbocycles. The molecule has 26 heavy (non-hydrogen) atoms. The minimum atomic E-state index is -4.22. The molecule has 6 nitrogen and oxygen atoms in total. The van der Waals surface area contributed by atoms with Crippen molar-refractivity contribution in [3.8, 4) is 0 Å². The van der Waals surface area contributed by atoms with Crippen LogP contribution in [-0.4, -0.2) is 87.7 Å². The summed E-state index contributed by atoms with van der Waals surface area (Å²) in [5.41, 5.74) is -0.263. The largest absolute Gasteiger partial charge is 0.403 e. The van der Waals surface area contributed by atoms with E-state index in [-0.39, 0.29) is 11.2 Å². The third-order valence-corrected chi connectivity index (χ3v) is 6.20. The summed E-state index contributed by atoms with van der Waals surface area (Å²) in [5, 5.41) is 3.18. The van der Waals surface area contributed by atoms with E-state index in [1.54, 1.807) is 0 Å². The number of hydrogen-bond acceptors (Lipinski definition) is 4. The number of aliphatic imine (C=N–C) groups is 1. The first-order chi connectivity index (χ1) is 12.0. The van der Waals surface area contributed by atoms with Crippen LogP contribution in [0.1, 0.15) is 26.7 Å². The lowest BCUT2D eigenvalue weighted by Gasteiger charge is -2.39. The van der Waals surface area contributed by atoms with Crippen LogP contribution >= 0.6 is 0 Å². The highest BCUT2D eigenvalue weighted by Crippen LogP contribution is 2.46. The minimum absolute atomic E-state index is 0.139. The molecule has 0 aromatic heterocycles. The maximum Gasteiger partial charge on any atom is 0.403 e. The lowest BCUT2D eigenvalue weighted by atomic mass is 10.1. The molecule has 1 heterocycles. The molecule has 2 rings (SSSR count). The monoisotopic (exact) mass is 398 g/mol. The summed E-state index contributed by atoms with van der Waals surface area (Å²) in [4.78, 5) is 7.99. The highest BCUT2D eigenvalue weighted by atomic mass is 32.2. The van der Waals surface area contributed by atoms with Crippen LogP contribution in [0.15, 0.2) is 4.99 Å². The number of rotatable bonds is 6. The molecule has 0 amide bonds. The SMILES string of the molecule is CCNC(=NCC1(CS(C)(=O)=O)CC1)N1CCN(C(C)C(F)(F)F)CC1.